The molecular formula is C25H31N3O3S. The molecule has 1 saturated carbocycles. The standard InChI is InChI=1S/C25H31N3O3S/c1-25(2,3)31-23(29)26-15-6-16-28(19-11-12-19)17-18-9-13-20(14-10-18)30-24-27-21-7-4-5-8-22(21)32-24/h4-5,7-10,13-14,19H,6,11-12,15-17H2,1-3H3,(H,26,29). The SMILES string of the molecule is CC(C)(C)OC(=O)NCCCN(Cc1ccc(Oc2nc3ccccc3s2)cc1)C1CC1. The van der Waals surface area contributed by atoms with E-state index in [1.165, 1.54) is 18.4 Å². The smallest absolute Gasteiger partial charge is 0.407 e. The minimum atomic E-state index is -0.465. The quantitative estimate of drug-likeness (QED) is 0.405. The monoisotopic (exact) mass is 453 g/mol. The Morgan fingerprint density at radius 1 is 1.16 bits per heavy atom. The van der Waals surface area contributed by atoms with Crippen LogP contribution in [0.25, 0.3) is 10.2 Å². The first-order valence-electron chi connectivity index (χ1n) is 11.2. The number of benzene rings is 2. The lowest BCUT2D eigenvalue weighted by molar-refractivity contribution is 0.0525. The van der Waals surface area contributed by atoms with E-state index in [1.54, 1.807) is 11.3 Å². The predicted octanol–water partition coefficient (Wildman–Crippen LogP) is 5.97. The number of nitrogens with zero attached hydrogens (tertiary/aromatic N) is 2. The fourth-order valence-corrected chi connectivity index (χ4v) is 4.35. The molecule has 0 atom stereocenters. The average molecular weight is 454 g/mol. The van der Waals surface area contributed by atoms with Gasteiger partial charge in [-0.15, -0.1) is 0 Å². The van der Waals surface area contributed by atoms with Gasteiger partial charge in [0, 0.05) is 25.7 Å². The number of para-hydroxylation sites is 1. The van der Waals surface area contributed by atoms with Crippen molar-refractivity contribution < 1.29 is 14.3 Å². The summed E-state index contributed by atoms with van der Waals surface area (Å²) in [6, 6.07) is 17.0. The first-order chi connectivity index (χ1) is 15.4. The molecule has 0 radical (unpaired) electrons. The third kappa shape index (κ3) is 6.68. The summed E-state index contributed by atoms with van der Waals surface area (Å²) in [5.41, 5.74) is 1.76. The summed E-state index contributed by atoms with van der Waals surface area (Å²) in [5, 5.41) is 3.51. The Morgan fingerprint density at radius 2 is 1.91 bits per heavy atom. The highest BCUT2D eigenvalue weighted by atomic mass is 32.1. The van der Waals surface area contributed by atoms with E-state index in [-0.39, 0.29) is 6.09 Å². The average Bonchev–Trinajstić information content (AvgIpc) is 3.50. The molecule has 6 nitrogen and oxygen atoms in total. The molecule has 1 aromatic heterocycles. The number of thiazole rings is 1. The van der Waals surface area contributed by atoms with E-state index in [0.29, 0.717) is 17.8 Å². The largest absolute Gasteiger partial charge is 0.444 e. The van der Waals surface area contributed by atoms with Crippen LogP contribution in [0.2, 0.25) is 0 Å². The van der Waals surface area contributed by atoms with Crippen molar-refractivity contribution in [3.63, 3.8) is 0 Å². The summed E-state index contributed by atoms with van der Waals surface area (Å²) >= 11 is 1.55. The van der Waals surface area contributed by atoms with Crippen LogP contribution in [0.5, 0.6) is 10.9 Å². The summed E-state index contributed by atoms with van der Waals surface area (Å²) in [5.74, 6) is 0.798. The van der Waals surface area contributed by atoms with Crippen molar-refractivity contribution in [2.75, 3.05) is 13.1 Å². The van der Waals surface area contributed by atoms with Gasteiger partial charge in [-0.05, 0) is 69.9 Å². The van der Waals surface area contributed by atoms with E-state index < -0.39 is 5.60 Å². The number of rotatable bonds is 9. The molecule has 1 amide bonds. The second-order valence-corrected chi connectivity index (χ2v) is 10.2. The predicted molar refractivity (Wildman–Crippen MR) is 128 cm³/mol. The maximum Gasteiger partial charge on any atom is 0.407 e. The molecule has 0 unspecified atom stereocenters. The maximum atomic E-state index is 11.8. The third-order valence-electron chi connectivity index (χ3n) is 5.14. The molecule has 1 fully saturated rings. The number of aromatic nitrogens is 1. The Labute approximate surface area is 193 Å². The molecule has 2 aromatic carbocycles. The van der Waals surface area contributed by atoms with Gasteiger partial charge in [-0.2, -0.15) is 0 Å². The minimum absolute atomic E-state index is 0.348. The Kier molecular flexibility index (Phi) is 6.96. The van der Waals surface area contributed by atoms with Crippen LogP contribution in [-0.4, -0.2) is 40.7 Å². The van der Waals surface area contributed by atoms with E-state index in [0.717, 1.165) is 35.5 Å². The zero-order chi connectivity index (χ0) is 22.6. The van der Waals surface area contributed by atoms with Crippen molar-refractivity contribution in [2.45, 2.75) is 58.2 Å². The van der Waals surface area contributed by atoms with Gasteiger partial charge in [0.2, 0.25) is 0 Å². The highest BCUT2D eigenvalue weighted by Crippen LogP contribution is 2.32. The topological polar surface area (TPSA) is 63.7 Å². The van der Waals surface area contributed by atoms with Crippen molar-refractivity contribution in [1.29, 1.82) is 0 Å². The minimum Gasteiger partial charge on any atom is -0.444 e. The molecule has 7 heteroatoms. The van der Waals surface area contributed by atoms with Crippen LogP contribution in [-0.2, 0) is 11.3 Å². The first-order valence-corrected chi connectivity index (χ1v) is 12.0. The Bertz CT molecular complexity index is 1010. The molecule has 1 aliphatic rings. The van der Waals surface area contributed by atoms with Crippen LogP contribution in [0.15, 0.2) is 48.5 Å². The second-order valence-electron chi connectivity index (χ2n) is 9.18. The van der Waals surface area contributed by atoms with Gasteiger partial charge in [0.05, 0.1) is 10.2 Å². The van der Waals surface area contributed by atoms with Gasteiger partial charge < -0.3 is 14.8 Å². The van der Waals surface area contributed by atoms with Crippen molar-refractivity contribution in [3.05, 3.63) is 54.1 Å². The van der Waals surface area contributed by atoms with Crippen LogP contribution in [0.1, 0.15) is 45.6 Å². The number of alkyl carbamates (subject to hydrolysis) is 1. The van der Waals surface area contributed by atoms with Gasteiger partial charge in [0.15, 0.2) is 0 Å². The molecule has 0 saturated heterocycles. The van der Waals surface area contributed by atoms with Crippen LogP contribution < -0.4 is 10.1 Å². The summed E-state index contributed by atoms with van der Waals surface area (Å²) in [6.07, 6.45) is 3.05. The lowest BCUT2D eigenvalue weighted by atomic mass is 10.2. The number of hydrogen-bond donors (Lipinski definition) is 1. The highest BCUT2D eigenvalue weighted by molar-refractivity contribution is 7.20. The Hall–Kier alpha value is -2.64. The number of carbonyl (C=O) groups excluding carboxylic acids is 1. The van der Waals surface area contributed by atoms with Crippen LogP contribution >= 0.6 is 11.3 Å². The van der Waals surface area contributed by atoms with E-state index in [4.69, 9.17) is 9.47 Å². The number of ether oxygens (including phenoxy) is 2. The van der Waals surface area contributed by atoms with Crippen molar-refractivity contribution in [2.24, 2.45) is 0 Å². The van der Waals surface area contributed by atoms with Gasteiger partial charge in [-0.25, -0.2) is 9.78 Å². The van der Waals surface area contributed by atoms with E-state index >= 15 is 0 Å². The molecule has 170 valence electrons. The molecule has 3 aromatic rings. The van der Waals surface area contributed by atoms with Crippen molar-refractivity contribution >= 4 is 27.6 Å². The zero-order valence-corrected chi connectivity index (χ0v) is 19.8. The number of amides is 1. The molecule has 1 aliphatic carbocycles. The summed E-state index contributed by atoms with van der Waals surface area (Å²) in [4.78, 5) is 18.8. The third-order valence-corrected chi connectivity index (χ3v) is 6.06. The van der Waals surface area contributed by atoms with Gasteiger partial charge in [-0.3, -0.25) is 4.90 Å². The second kappa shape index (κ2) is 9.88. The van der Waals surface area contributed by atoms with Gasteiger partial charge in [0.25, 0.3) is 5.19 Å². The van der Waals surface area contributed by atoms with E-state index in [1.807, 2.05) is 51.1 Å². The number of carbonyl (C=O) groups is 1. The Morgan fingerprint density at radius 3 is 2.59 bits per heavy atom. The summed E-state index contributed by atoms with van der Waals surface area (Å²) in [6.45, 7) is 8.08. The van der Waals surface area contributed by atoms with Gasteiger partial charge in [0.1, 0.15) is 11.4 Å². The zero-order valence-electron chi connectivity index (χ0n) is 19.0. The van der Waals surface area contributed by atoms with E-state index in [2.05, 4.69) is 33.4 Å². The molecule has 0 aliphatic heterocycles. The van der Waals surface area contributed by atoms with Crippen LogP contribution in [0, 0.1) is 0 Å². The first kappa shape index (κ1) is 22.6. The normalized spacial score (nSPS) is 14.0. The molecule has 1 heterocycles. The summed E-state index contributed by atoms with van der Waals surface area (Å²) < 4.78 is 12.4. The van der Waals surface area contributed by atoms with E-state index in [9.17, 15) is 4.79 Å². The maximum absolute atomic E-state index is 11.8. The lowest BCUT2D eigenvalue weighted by Crippen LogP contribution is -2.35. The number of fused-ring (bicyclic) bond motifs is 1. The lowest BCUT2D eigenvalue weighted by Gasteiger charge is -2.23. The van der Waals surface area contributed by atoms with Crippen LogP contribution in [0.3, 0.4) is 0 Å². The van der Waals surface area contributed by atoms with Crippen molar-refractivity contribution in [1.82, 2.24) is 15.2 Å². The molecule has 0 spiro atoms. The fraction of sp³-hybridized carbons (Fsp3) is 0.440. The molecule has 1 N–H and O–H groups in total. The molecule has 0 bridgehead atoms. The molecule has 32 heavy (non-hydrogen) atoms. The fourth-order valence-electron chi connectivity index (χ4n) is 3.51. The van der Waals surface area contributed by atoms with Crippen LogP contribution in [0.4, 0.5) is 4.79 Å². The molecular weight excluding hydrogens is 422 g/mol. The van der Waals surface area contributed by atoms with Crippen molar-refractivity contribution in [3.8, 4) is 10.9 Å². The van der Waals surface area contributed by atoms with Gasteiger partial charge >= 0.3 is 6.09 Å². The Balaban J connectivity index is 1.26. The number of nitrogens with one attached hydrogen (secondary N) is 1. The van der Waals surface area contributed by atoms with Gasteiger partial charge in [-0.1, -0.05) is 35.6 Å². The summed E-state index contributed by atoms with van der Waals surface area (Å²) in [7, 11) is 0. The number of hydrogen-bond acceptors (Lipinski definition) is 6. The highest BCUT2D eigenvalue weighted by Gasteiger charge is 2.28. The molecule has 4 rings (SSSR count).